The molecule has 4 atom stereocenters. The zero-order chi connectivity index (χ0) is 92.6. The van der Waals surface area contributed by atoms with Crippen molar-refractivity contribution in [1.82, 2.24) is 19.6 Å². The van der Waals surface area contributed by atoms with Gasteiger partial charge in [-0.15, -0.1) is 0 Å². The summed E-state index contributed by atoms with van der Waals surface area (Å²) in [6.45, 7) is 3.29. The van der Waals surface area contributed by atoms with Crippen LogP contribution in [0.15, 0.2) is 253 Å². The molecule has 0 aliphatic carbocycles. The molecule has 0 saturated carbocycles. The number of amides is 4. The summed E-state index contributed by atoms with van der Waals surface area (Å²) in [5.74, 6) is 10.0. The number of carbonyl (C=O) groups excluding carboxylic acids is 4. The molecule has 12 aromatic carbocycles. The number of hydrogen-bond donors (Lipinski definition) is 0. The van der Waals surface area contributed by atoms with Gasteiger partial charge in [0.25, 0.3) is 23.6 Å². The quantitative estimate of drug-likeness (QED) is 0.0444. The Hall–Kier alpha value is -14.0. The zero-order valence-electron chi connectivity index (χ0n) is 75.1. The first-order valence-corrected chi connectivity index (χ1v) is 43.5. The number of halogens is 3. The Kier molecular flexibility index (Phi) is 32.7. The van der Waals surface area contributed by atoms with Gasteiger partial charge in [0.1, 0.15) is 78.2 Å². The summed E-state index contributed by atoms with van der Waals surface area (Å²) < 4.78 is 104. The van der Waals surface area contributed by atoms with E-state index in [2.05, 4.69) is 15.9 Å². The highest BCUT2D eigenvalue weighted by Gasteiger charge is 2.39. The van der Waals surface area contributed by atoms with Crippen LogP contribution in [0, 0.1) is 5.82 Å². The third-order valence-corrected chi connectivity index (χ3v) is 23.9. The van der Waals surface area contributed by atoms with E-state index in [0.717, 1.165) is 78.4 Å². The van der Waals surface area contributed by atoms with Gasteiger partial charge >= 0.3 is 0 Å². The summed E-state index contributed by atoms with van der Waals surface area (Å²) >= 11 is 9.62. The lowest BCUT2D eigenvalue weighted by molar-refractivity contribution is 0.0583. The van der Waals surface area contributed by atoms with Gasteiger partial charge in [0.05, 0.1) is 109 Å². The zero-order valence-corrected chi connectivity index (χ0v) is 77.4. The maximum Gasteiger partial charge on any atom is 0.254 e. The van der Waals surface area contributed by atoms with Crippen molar-refractivity contribution in [3.8, 4) is 92.0 Å². The lowest BCUT2D eigenvalue weighted by atomic mass is 9.91. The van der Waals surface area contributed by atoms with Crippen LogP contribution in [0.2, 0.25) is 5.02 Å². The van der Waals surface area contributed by atoms with Crippen LogP contribution in [0.25, 0.3) is 0 Å². The molecule has 0 saturated heterocycles. The van der Waals surface area contributed by atoms with E-state index in [-0.39, 0.29) is 55.0 Å². The van der Waals surface area contributed by atoms with Crippen molar-refractivity contribution < 1.29 is 99.4 Å². The molecule has 4 heterocycles. The number of fused-ring (bicyclic) bond motifs is 4. The number of nitrogens with zero attached hydrogens (tertiary/aromatic N) is 4. The van der Waals surface area contributed by atoms with Gasteiger partial charge in [-0.3, -0.25) is 19.2 Å². The van der Waals surface area contributed by atoms with Crippen molar-refractivity contribution in [2.45, 2.75) is 49.9 Å². The topological polar surface area (TPSA) is 229 Å². The molecule has 4 amide bonds. The molecule has 0 spiro atoms. The fraction of sp³-hybridized carbons (Fsp3) is 0.269. The fourth-order valence-electron chi connectivity index (χ4n) is 16.3. The van der Waals surface area contributed by atoms with Crippen molar-refractivity contribution in [2.75, 3.05) is 138 Å². The fourth-order valence-corrected chi connectivity index (χ4v) is 16.9. The van der Waals surface area contributed by atoms with Gasteiger partial charge in [-0.2, -0.15) is 0 Å². The summed E-state index contributed by atoms with van der Waals surface area (Å²) in [4.78, 5) is 61.1. The van der Waals surface area contributed by atoms with Gasteiger partial charge in [0.2, 0.25) is 0 Å². The Morgan fingerprint density at radius 2 is 0.527 bits per heavy atom. The van der Waals surface area contributed by atoms with E-state index < -0.39 is 11.9 Å². The molecule has 4 aliphatic heterocycles. The molecule has 4 aliphatic rings. The lowest BCUT2D eigenvalue weighted by Gasteiger charge is -2.37. The first-order valence-electron chi connectivity index (χ1n) is 42.4. The van der Waals surface area contributed by atoms with Gasteiger partial charge in [-0.1, -0.05) is 63.9 Å². The minimum Gasteiger partial charge on any atom is -0.497 e. The van der Waals surface area contributed by atoms with Gasteiger partial charge in [-0.05, 0) is 283 Å². The predicted octanol–water partition coefficient (Wildman–Crippen LogP) is 19.7. The molecule has 24 nitrogen and oxygen atoms in total. The third-order valence-electron chi connectivity index (χ3n) is 23.2. The van der Waals surface area contributed by atoms with Crippen LogP contribution in [0.5, 0.6) is 92.0 Å². The van der Waals surface area contributed by atoms with Crippen molar-refractivity contribution in [3.63, 3.8) is 0 Å². The molecule has 131 heavy (non-hydrogen) atoms. The van der Waals surface area contributed by atoms with Crippen molar-refractivity contribution in [2.24, 2.45) is 0 Å². The van der Waals surface area contributed by atoms with E-state index >= 15 is 0 Å². The smallest absolute Gasteiger partial charge is 0.254 e. The molecular formula is C104H105BrClFN4O20. The molecular weight excluding hydrogens is 1760 g/mol. The maximum absolute atomic E-state index is 13.8. The summed E-state index contributed by atoms with van der Waals surface area (Å²) in [6.07, 6.45) is 2.78. The van der Waals surface area contributed by atoms with Crippen molar-refractivity contribution in [3.05, 3.63) is 331 Å². The molecule has 0 N–H and O–H groups in total. The van der Waals surface area contributed by atoms with E-state index in [0.29, 0.717) is 155 Å². The van der Waals surface area contributed by atoms with E-state index in [4.69, 9.17) is 87.4 Å². The lowest BCUT2D eigenvalue weighted by Crippen LogP contribution is -2.42. The first-order chi connectivity index (χ1) is 63.7. The minimum atomic E-state index is -0.448. The van der Waals surface area contributed by atoms with Crippen LogP contribution in [0.4, 0.5) is 4.39 Å². The number of carbonyl (C=O) groups is 4. The molecule has 0 fully saturated rings. The molecule has 16 rings (SSSR count). The number of methoxy groups -OCH3 is 12. The van der Waals surface area contributed by atoms with Crippen molar-refractivity contribution >= 4 is 51.2 Å². The second kappa shape index (κ2) is 45.3. The van der Waals surface area contributed by atoms with Crippen LogP contribution in [-0.2, 0) is 25.7 Å². The highest BCUT2D eigenvalue weighted by molar-refractivity contribution is 9.10. The van der Waals surface area contributed by atoms with E-state index in [1.807, 2.05) is 215 Å². The summed E-state index contributed by atoms with van der Waals surface area (Å²) in [5.41, 5.74) is 10.4. The largest absolute Gasteiger partial charge is 0.497 e. The van der Waals surface area contributed by atoms with Crippen molar-refractivity contribution in [1.29, 1.82) is 0 Å². The molecule has 0 bridgehead atoms. The Morgan fingerprint density at radius 1 is 0.282 bits per heavy atom. The van der Waals surface area contributed by atoms with Crippen LogP contribution in [0.3, 0.4) is 0 Å². The van der Waals surface area contributed by atoms with E-state index in [1.54, 1.807) is 121 Å². The average Bonchev–Trinajstić information content (AvgIpc) is 0.782. The molecule has 0 radical (unpaired) electrons. The number of hydrogen-bond acceptors (Lipinski definition) is 20. The Bertz CT molecular complexity index is 5470. The molecule has 682 valence electrons. The van der Waals surface area contributed by atoms with Crippen LogP contribution >= 0.6 is 27.5 Å². The Morgan fingerprint density at radius 3 is 0.794 bits per heavy atom. The van der Waals surface area contributed by atoms with Crippen LogP contribution < -0.4 is 75.8 Å². The second-order valence-electron chi connectivity index (χ2n) is 30.5. The third kappa shape index (κ3) is 23.0. The van der Waals surface area contributed by atoms with Crippen LogP contribution in [-0.4, -0.2) is 181 Å². The molecule has 27 heteroatoms. The second-order valence-corrected chi connectivity index (χ2v) is 31.9. The Labute approximate surface area is 776 Å². The highest BCUT2D eigenvalue weighted by Crippen LogP contribution is 2.45. The SMILES string of the molecule is COc1ccc(OCC2c3cc(OC)c(OC)cc3CCN2C(=O)c2cccc(Br)c2)cc1.COc1ccc(OCC2c3cc(OC)c(OC)cc3CCN2C(=O)c2cccc(Cl)c2)cc1.COc1ccc(OCC2c3cc(OC)c(OC)cc3CCN2C(=O)c2cccc(F)c2)cc1.COc1ccc(OCC2c3cc(OC)c(OC)cc3CCN2C(=O)c2ccccc2)cc1. The maximum atomic E-state index is 13.8. The highest BCUT2D eigenvalue weighted by atomic mass is 79.9. The monoisotopic (exact) mass is 1860 g/mol. The number of rotatable bonds is 28. The summed E-state index contributed by atoms with van der Waals surface area (Å²) in [7, 11) is 19.3. The average molecular weight is 1870 g/mol. The van der Waals surface area contributed by atoms with Crippen LogP contribution in [0.1, 0.15) is 110 Å². The summed E-state index contributed by atoms with van der Waals surface area (Å²) in [5, 5.41) is 0.524. The Balaban J connectivity index is 0.000000149. The number of benzene rings is 12. The van der Waals surface area contributed by atoms with Gasteiger partial charge in [-0.25, -0.2) is 4.39 Å². The van der Waals surface area contributed by atoms with E-state index in [1.165, 1.54) is 18.2 Å². The van der Waals surface area contributed by atoms with Gasteiger partial charge in [0, 0.05) is 57.9 Å². The standard InChI is InChI=1S/C26H26BrNO5.C26H26ClNO5.C26H26FNO5.C26H27NO5/c3*1-30-20-7-9-21(10-8-20)33-16-23-22-15-25(32-3)24(31-2)14-17(22)11-12-28(23)26(29)18-5-4-6-19(27)13-18;1-29-20-9-11-21(12-10-20)32-17-23-22-16-25(31-3)24(30-2)15-19(22)13-14-27(23)26(28)18-7-5-4-6-8-18/h3*4-10,13-15,23H,11-12,16H2,1-3H3;4-12,15-16,23H,13-14,17H2,1-3H3. The molecule has 0 aromatic heterocycles. The number of ether oxygens (including phenoxy) is 16. The van der Waals surface area contributed by atoms with Gasteiger partial charge in [0.15, 0.2) is 46.0 Å². The first kappa shape index (κ1) is 94.6. The summed E-state index contributed by atoms with van der Waals surface area (Å²) in [6, 6.07) is 73.4. The molecule has 12 aromatic rings. The minimum absolute atomic E-state index is 0.0191. The van der Waals surface area contributed by atoms with E-state index in [9.17, 15) is 23.6 Å². The normalized spacial score (nSPS) is 14.9. The predicted molar refractivity (Wildman–Crippen MR) is 501 cm³/mol. The molecule has 4 unspecified atom stereocenters. The van der Waals surface area contributed by atoms with Gasteiger partial charge < -0.3 is 95.4 Å².